The predicted molar refractivity (Wildman–Crippen MR) is 95.3 cm³/mol. The van der Waals surface area contributed by atoms with E-state index in [1.54, 1.807) is 4.90 Å². The number of nitrogens with zero attached hydrogens (tertiary/aromatic N) is 2. The largest absolute Gasteiger partial charge is 0.322 e. The highest BCUT2D eigenvalue weighted by molar-refractivity contribution is 6.05. The van der Waals surface area contributed by atoms with E-state index in [0.29, 0.717) is 13.0 Å². The van der Waals surface area contributed by atoms with Crippen molar-refractivity contribution in [2.24, 2.45) is 0 Å². The Balaban J connectivity index is 1.54. The van der Waals surface area contributed by atoms with Crippen LogP contribution in [0.25, 0.3) is 0 Å². The summed E-state index contributed by atoms with van der Waals surface area (Å²) in [5, 5.41) is 5.75. The molecule has 3 aliphatic rings. The molecule has 3 amide bonds. The van der Waals surface area contributed by atoms with Gasteiger partial charge in [-0.15, -0.1) is 0 Å². The molecule has 2 fully saturated rings. The molecule has 7 heteroatoms. The number of carbonyl (C=O) groups excluding carboxylic acids is 3. The van der Waals surface area contributed by atoms with Crippen molar-refractivity contribution in [1.29, 1.82) is 0 Å². The van der Waals surface area contributed by atoms with Crippen LogP contribution in [0, 0.1) is 0 Å². The molecule has 1 aromatic rings. The van der Waals surface area contributed by atoms with Crippen LogP contribution in [-0.2, 0) is 22.7 Å². The lowest BCUT2D eigenvalue weighted by Crippen LogP contribution is -2.52. The van der Waals surface area contributed by atoms with Gasteiger partial charge in [0.05, 0.1) is 0 Å². The molecular weight excluding hydrogens is 332 g/mol. The summed E-state index contributed by atoms with van der Waals surface area (Å²) in [5.41, 5.74) is 2.75. The molecule has 7 nitrogen and oxygen atoms in total. The molecule has 0 aromatic heterocycles. The summed E-state index contributed by atoms with van der Waals surface area (Å²) in [6.45, 7) is 5.17. The molecule has 138 valence electrons. The van der Waals surface area contributed by atoms with Crippen LogP contribution in [0.3, 0.4) is 0 Å². The fourth-order valence-electron chi connectivity index (χ4n) is 4.12. The summed E-state index contributed by atoms with van der Waals surface area (Å²) in [6.07, 6.45) is 1.78. The normalized spacial score (nSPS) is 24.4. The minimum atomic E-state index is -0.553. The van der Waals surface area contributed by atoms with Crippen LogP contribution in [-0.4, -0.2) is 59.7 Å². The maximum Gasteiger partial charge on any atom is 0.255 e. The lowest BCUT2D eigenvalue weighted by Gasteiger charge is -2.29. The van der Waals surface area contributed by atoms with Crippen LogP contribution in [0.2, 0.25) is 0 Å². The topological polar surface area (TPSA) is 81.8 Å². The van der Waals surface area contributed by atoms with E-state index in [-0.39, 0.29) is 24.1 Å². The third kappa shape index (κ3) is 3.24. The van der Waals surface area contributed by atoms with E-state index in [4.69, 9.17) is 0 Å². The Bertz CT molecular complexity index is 740. The summed E-state index contributed by atoms with van der Waals surface area (Å²) in [6, 6.07) is 5.42. The Labute approximate surface area is 152 Å². The Morgan fingerprint density at radius 3 is 2.85 bits per heavy atom. The van der Waals surface area contributed by atoms with E-state index in [9.17, 15) is 14.4 Å². The van der Waals surface area contributed by atoms with E-state index in [0.717, 1.165) is 55.8 Å². The fourth-order valence-corrected chi connectivity index (χ4v) is 4.12. The van der Waals surface area contributed by atoms with Gasteiger partial charge in [-0.1, -0.05) is 18.2 Å². The standard InChI is InChI=1S/C19H24N4O3/c24-16-6-5-15(18(25)21-16)23-12-14-4-1-3-13(17(14)19(23)26)11-22-9-2-7-20-8-10-22/h1,3-4,15,20H,2,5-12H2,(H,21,24,25). The molecule has 0 saturated carbocycles. The van der Waals surface area contributed by atoms with Crippen molar-refractivity contribution in [3.63, 3.8) is 0 Å². The monoisotopic (exact) mass is 356 g/mol. The molecule has 3 heterocycles. The molecule has 2 saturated heterocycles. The van der Waals surface area contributed by atoms with Crippen LogP contribution >= 0.6 is 0 Å². The number of hydrogen-bond donors (Lipinski definition) is 2. The minimum Gasteiger partial charge on any atom is -0.322 e. The smallest absolute Gasteiger partial charge is 0.255 e. The number of carbonyl (C=O) groups is 3. The van der Waals surface area contributed by atoms with Gasteiger partial charge in [-0.2, -0.15) is 0 Å². The summed E-state index contributed by atoms with van der Waals surface area (Å²) >= 11 is 0. The predicted octanol–water partition coefficient (Wildman–Crippen LogP) is 0.243. The average molecular weight is 356 g/mol. The Hall–Kier alpha value is -2.25. The van der Waals surface area contributed by atoms with Gasteiger partial charge >= 0.3 is 0 Å². The highest BCUT2D eigenvalue weighted by Crippen LogP contribution is 2.30. The first kappa shape index (κ1) is 17.2. The van der Waals surface area contributed by atoms with Crippen LogP contribution in [0.5, 0.6) is 0 Å². The Kier molecular flexibility index (Phi) is 4.74. The summed E-state index contributed by atoms with van der Waals surface area (Å²) in [7, 11) is 0. The fraction of sp³-hybridized carbons (Fsp3) is 0.526. The second-order valence-corrected chi connectivity index (χ2v) is 7.23. The number of rotatable bonds is 3. The van der Waals surface area contributed by atoms with Gasteiger partial charge in [0.15, 0.2) is 0 Å². The Morgan fingerprint density at radius 2 is 2.00 bits per heavy atom. The molecule has 0 radical (unpaired) electrons. The highest BCUT2D eigenvalue weighted by Gasteiger charge is 2.40. The molecular formula is C19H24N4O3. The number of fused-ring (bicyclic) bond motifs is 1. The van der Waals surface area contributed by atoms with E-state index in [1.807, 2.05) is 18.2 Å². The van der Waals surface area contributed by atoms with Crippen molar-refractivity contribution in [1.82, 2.24) is 20.4 Å². The molecule has 2 N–H and O–H groups in total. The van der Waals surface area contributed by atoms with Crippen LogP contribution in [0.15, 0.2) is 18.2 Å². The van der Waals surface area contributed by atoms with Crippen molar-refractivity contribution < 1.29 is 14.4 Å². The Morgan fingerprint density at radius 1 is 1.12 bits per heavy atom. The van der Waals surface area contributed by atoms with Crippen molar-refractivity contribution in [3.8, 4) is 0 Å². The quantitative estimate of drug-likeness (QED) is 0.759. The maximum absolute atomic E-state index is 13.1. The summed E-state index contributed by atoms with van der Waals surface area (Å²) in [5.74, 6) is -0.702. The molecule has 1 atom stereocenters. The first-order valence-electron chi connectivity index (χ1n) is 9.32. The van der Waals surface area contributed by atoms with Crippen LogP contribution in [0.4, 0.5) is 0 Å². The summed E-state index contributed by atoms with van der Waals surface area (Å²) < 4.78 is 0. The van der Waals surface area contributed by atoms with Gasteiger partial charge in [0.25, 0.3) is 5.91 Å². The first-order chi connectivity index (χ1) is 12.6. The van der Waals surface area contributed by atoms with Gasteiger partial charge in [-0.25, -0.2) is 0 Å². The lowest BCUT2D eigenvalue weighted by atomic mass is 10.0. The zero-order chi connectivity index (χ0) is 18.1. The van der Waals surface area contributed by atoms with Crippen molar-refractivity contribution in [2.75, 3.05) is 26.2 Å². The van der Waals surface area contributed by atoms with Crippen LogP contribution < -0.4 is 10.6 Å². The zero-order valence-corrected chi connectivity index (χ0v) is 14.8. The van der Waals surface area contributed by atoms with Crippen LogP contribution in [0.1, 0.15) is 40.7 Å². The van der Waals surface area contributed by atoms with Gasteiger partial charge < -0.3 is 10.2 Å². The van der Waals surface area contributed by atoms with Gasteiger partial charge in [0.1, 0.15) is 6.04 Å². The molecule has 26 heavy (non-hydrogen) atoms. The van der Waals surface area contributed by atoms with E-state index >= 15 is 0 Å². The molecule has 0 bridgehead atoms. The average Bonchev–Trinajstić information content (AvgIpc) is 2.79. The van der Waals surface area contributed by atoms with Gasteiger partial charge in [0, 0.05) is 38.2 Å². The number of imide groups is 1. The maximum atomic E-state index is 13.1. The van der Waals surface area contributed by atoms with E-state index < -0.39 is 6.04 Å². The molecule has 1 aromatic carbocycles. The second kappa shape index (κ2) is 7.17. The van der Waals surface area contributed by atoms with Gasteiger partial charge in [-0.3, -0.25) is 24.6 Å². The number of amides is 3. The zero-order valence-electron chi connectivity index (χ0n) is 14.8. The molecule has 0 spiro atoms. The van der Waals surface area contributed by atoms with Gasteiger partial charge in [-0.05, 0) is 37.1 Å². The third-order valence-corrected chi connectivity index (χ3v) is 5.47. The molecule has 1 unspecified atom stereocenters. The number of piperidine rings is 1. The summed E-state index contributed by atoms with van der Waals surface area (Å²) in [4.78, 5) is 40.7. The number of nitrogens with one attached hydrogen (secondary N) is 2. The molecule has 0 aliphatic carbocycles. The number of benzene rings is 1. The molecule has 4 rings (SSSR count). The first-order valence-corrected chi connectivity index (χ1v) is 9.32. The highest BCUT2D eigenvalue weighted by atomic mass is 16.2. The third-order valence-electron chi connectivity index (χ3n) is 5.47. The van der Waals surface area contributed by atoms with E-state index in [1.165, 1.54) is 0 Å². The van der Waals surface area contributed by atoms with E-state index in [2.05, 4.69) is 15.5 Å². The van der Waals surface area contributed by atoms with Crippen molar-refractivity contribution in [2.45, 2.75) is 38.4 Å². The van der Waals surface area contributed by atoms with Crippen molar-refractivity contribution >= 4 is 17.7 Å². The SMILES string of the molecule is O=C1CCC(N2Cc3cccc(CN4CCCNCC4)c3C2=O)C(=O)N1. The lowest BCUT2D eigenvalue weighted by molar-refractivity contribution is -0.136. The molecule has 3 aliphatic heterocycles. The number of hydrogen-bond acceptors (Lipinski definition) is 5. The van der Waals surface area contributed by atoms with Crippen molar-refractivity contribution in [3.05, 3.63) is 34.9 Å². The van der Waals surface area contributed by atoms with Gasteiger partial charge in [0.2, 0.25) is 11.8 Å². The second-order valence-electron chi connectivity index (χ2n) is 7.23. The minimum absolute atomic E-state index is 0.0851.